The van der Waals surface area contributed by atoms with Crippen LogP contribution in [0.1, 0.15) is 39.9 Å². The van der Waals surface area contributed by atoms with E-state index in [0.717, 1.165) is 44.4 Å². The summed E-state index contributed by atoms with van der Waals surface area (Å²) in [6.45, 7) is 2.30. The minimum absolute atomic E-state index is 0.0267. The predicted molar refractivity (Wildman–Crippen MR) is 134 cm³/mol. The van der Waals surface area contributed by atoms with Crippen molar-refractivity contribution in [1.29, 1.82) is 0 Å². The molecular weight excluding hydrogens is 478 g/mol. The van der Waals surface area contributed by atoms with Gasteiger partial charge in [-0.05, 0) is 63.0 Å². The Balaban J connectivity index is 1.68. The minimum Gasteiger partial charge on any atom is -0.503 e. The number of phenolic OH excluding ortho intramolecular Hbond substituents is 1. The average molecular weight is 498 g/mol. The molecule has 0 fully saturated rings. The van der Waals surface area contributed by atoms with E-state index in [2.05, 4.69) is 45.5 Å². The largest absolute Gasteiger partial charge is 0.503 e. The van der Waals surface area contributed by atoms with Gasteiger partial charge < -0.3 is 15.2 Å². The molecule has 2 N–H and O–H groups in total. The zero-order chi connectivity index (χ0) is 22.7. The lowest BCUT2D eigenvalue weighted by molar-refractivity contribution is 0.103. The summed E-state index contributed by atoms with van der Waals surface area (Å²) < 4.78 is 6.26. The Hall–Kier alpha value is -3.57. The van der Waals surface area contributed by atoms with Gasteiger partial charge in [0, 0.05) is 28.3 Å². The number of Topliss-reactive ketones (excluding diaryl/α,β-unsaturated/α-hetero) is 1. The van der Waals surface area contributed by atoms with Crippen LogP contribution in [0.4, 0.5) is 5.69 Å². The number of ketones is 1. The first kappa shape index (κ1) is 20.1. The molecular formula is C28H20BrNO3. The molecule has 5 heteroatoms. The molecule has 1 unspecified atom stereocenters. The van der Waals surface area contributed by atoms with Crippen LogP contribution < -0.4 is 10.1 Å². The molecule has 1 aliphatic heterocycles. The molecule has 0 spiro atoms. The molecule has 6 rings (SSSR count). The molecule has 1 heterocycles. The lowest BCUT2D eigenvalue weighted by atomic mass is 9.78. The maximum atomic E-state index is 13.7. The maximum absolute atomic E-state index is 13.7. The second kappa shape index (κ2) is 7.49. The SMILES string of the molecule is CCOc1cc(C2C3=C(Nc4ccc5ccccc5c42)c2ccccc2C3=O)cc(Br)c1O. The normalized spacial score (nSPS) is 16.3. The van der Waals surface area contributed by atoms with Crippen molar-refractivity contribution in [3.05, 3.63) is 105 Å². The molecule has 0 saturated carbocycles. The first-order valence-electron chi connectivity index (χ1n) is 10.9. The van der Waals surface area contributed by atoms with Gasteiger partial charge in [-0.3, -0.25) is 4.79 Å². The van der Waals surface area contributed by atoms with E-state index in [0.29, 0.717) is 22.4 Å². The molecule has 4 aromatic rings. The fourth-order valence-electron chi connectivity index (χ4n) is 5.07. The van der Waals surface area contributed by atoms with Gasteiger partial charge in [0.15, 0.2) is 17.3 Å². The van der Waals surface area contributed by atoms with E-state index >= 15 is 0 Å². The third-order valence-corrected chi connectivity index (χ3v) is 7.05. The first-order chi connectivity index (χ1) is 16.1. The molecule has 4 aromatic carbocycles. The highest BCUT2D eigenvalue weighted by Crippen LogP contribution is 2.52. The summed E-state index contributed by atoms with van der Waals surface area (Å²) in [6, 6.07) is 23.9. The maximum Gasteiger partial charge on any atom is 0.192 e. The molecule has 0 amide bonds. The Morgan fingerprint density at radius 3 is 2.58 bits per heavy atom. The van der Waals surface area contributed by atoms with E-state index in [-0.39, 0.29) is 17.5 Å². The Morgan fingerprint density at radius 1 is 1.00 bits per heavy atom. The van der Waals surface area contributed by atoms with Gasteiger partial charge in [-0.25, -0.2) is 0 Å². The van der Waals surface area contributed by atoms with Crippen LogP contribution in [0, 0.1) is 0 Å². The van der Waals surface area contributed by atoms with Crippen LogP contribution in [0.15, 0.2) is 82.8 Å². The van der Waals surface area contributed by atoms with Crippen molar-refractivity contribution >= 4 is 43.9 Å². The number of rotatable bonds is 3. The van der Waals surface area contributed by atoms with Crippen LogP contribution in [-0.2, 0) is 0 Å². The fourth-order valence-corrected chi connectivity index (χ4v) is 5.53. The van der Waals surface area contributed by atoms with E-state index in [4.69, 9.17) is 4.74 Å². The van der Waals surface area contributed by atoms with E-state index in [9.17, 15) is 9.90 Å². The topological polar surface area (TPSA) is 58.6 Å². The molecule has 0 aromatic heterocycles. The predicted octanol–water partition coefficient (Wildman–Crippen LogP) is 6.87. The summed E-state index contributed by atoms with van der Waals surface area (Å²) in [5.74, 6) is 0.160. The quantitative estimate of drug-likeness (QED) is 0.324. The Labute approximate surface area is 199 Å². The van der Waals surface area contributed by atoms with Gasteiger partial charge in [-0.2, -0.15) is 0 Å². The molecule has 0 radical (unpaired) electrons. The van der Waals surface area contributed by atoms with Crippen LogP contribution in [0.3, 0.4) is 0 Å². The van der Waals surface area contributed by atoms with Gasteiger partial charge in [0.25, 0.3) is 0 Å². The van der Waals surface area contributed by atoms with Crippen molar-refractivity contribution in [2.75, 3.05) is 11.9 Å². The summed E-state index contributed by atoms with van der Waals surface area (Å²) in [4.78, 5) is 13.7. The number of allylic oxidation sites excluding steroid dienone is 1. The molecule has 162 valence electrons. The number of fused-ring (bicyclic) bond motifs is 5. The smallest absolute Gasteiger partial charge is 0.192 e. The number of carbonyl (C=O) groups excluding carboxylic acids is 1. The van der Waals surface area contributed by atoms with E-state index in [1.54, 1.807) is 0 Å². The number of aromatic hydroxyl groups is 1. The van der Waals surface area contributed by atoms with E-state index < -0.39 is 0 Å². The van der Waals surface area contributed by atoms with Gasteiger partial charge in [0.1, 0.15) is 0 Å². The average Bonchev–Trinajstić information content (AvgIpc) is 3.12. The van der Waals surface area contributed by atoms with Crippen molar-refractivity contribution < 1.29 is 14.6 Å². The molecule has 2 aliphatic rings. The third kappa shape index (κ3) is 2.92. The molecule has 0 saturated heterocycles. The van der Waals surface area contributed by atoms with Crippen molar-refractivity contribution in [3.63, 3.8) is 0 Å². The van der Waals surface area contributed by atoms with Gasteiger partial charge in [0.2, 0.25) is 0 Å². The van der Waals surface area contributed by atoms with Crippen LogP contribution in [0.5, 0.6) is 11.5 Å². The highest BCUT2D eigenvalue weighted by atomic mass is 79.9. The second-order valence-electron chi connectivity index (χ2n) is 8.25. The molecule has 1 atom stereocenters. The number of anilines is 1. The van der Waals surface area contributed by atoms with Crippen LogP contribution >= 0.6 is 15.9 Å². The summed E-state index contributed by atoms with van der Waals surface area (Å²) in [5, 5.41) is 16.3. The fraction of sp³-hybridized carbons (Fsp3) is 0.107. The van der Waals surface area contributed by atoms with Gasteiger partial charge >= 0.3 is 0 Å². The minimum atomic E-state index is -0.321. The van der Waals surface area contributed by atoms with Crippen molar-refractivity contribution in [2.45, 2.75) is 12.8 Å². The number of hydrogen-bond acceptors (Lipinski definition) is 4. The highest BCUT2D eigenvalue weighted by Gasteiger charge is 2.41. The highest BCUT2D eigenvalue weighted by molar-refractivity contribution is 9.10. The monoisotopic (exact) mass is 497 g/mol. The van der Waals surface area contributed by atoms with Crippen LogP contribution in [0.25, 0.3) is 16.5 Å². The number of carbonyl (C=O) groups is 1. The van der Waals surface area contributed by atoms with Crippen LogP contribution in [0.2, 0.25) is 0 Å². The van der Waals surface area contributed by atoms with Crippen LogP contribution in [-0.4, -0.2) is 17.5 Å². The van der Waals surface area contributed by atoms with E-state index in [1.165, 1.54) is 0 Å². The number of hydrogen-bond donors (Lipinski definition) is 2. The number of ether oxygens (including phenoxy) is 1. The van der Waals surface area contributed by atoms with Gasteiger partial charge in [0.05, 0.1) is 16.8 Å². The van der Waals surface area contributed by atoms with Crippen molar-refractivity contribution in [1.82, 2.24) is 0 Å². The number of phenols is 1. The van der Waals surface area contributed by atoms with Crippen molar-refractivity contribution in [3.8, 4) is 11.5 Å². The zero-order valence-corrected chi connectivity index (χ0v) is 19.4. The van der Waals surface area contributed by atoms with Crippen molar-refractivity contribution in [2.24, 2.45) is 0 Å². The number of benzene rings is 4. The zero-order valence-electron chi connectivity index (χ0n) is 17.9. The Morgan fingerprint density at radius 2 is 1.76 bits per heavy atom. The molecule has 1 aliphatic carbocycles. The summed E-state index contributed by atoms with van der Waals surface area (Å²) in [5.41, 5.74) is 6.11. The third-order valence-electron chi connectivity index (χ3n) is 6.45. The summed E-state index contributed by atoms with van der Waals surface area (Å²) >= 11 is 3.49. The van der Waals surface area contributed by atoms with Gasteiger partial charge in [-0.1, -0.05) is 54.6 Å². The number of nitrogens with one attached hydrogen (secondary N) is 1. The number of halogens is 1. The molecule has 4 nitrogen and oxygen atoms in total. The lowest BCUT2D eigenvalue weighted by Gasteiger charge is -2.30. The lowest BCUT2D eigenvalue weighted by Crippen LogP contribution is -2.19. The Bertz CT molecular complexity index is 1500. The first-order valence-corrected chi connectivity index (χ1v) is 11.7. The molecule has 0 bridgehead atoms. The Kier molecular flexibility index (Phi) is 4.56. The summed E-state index contributed by atoms with van der Waals surface area (Å²) in [6.07, 6.45) is 0. The van der Waals surface area contributed by atoms with Gasteiger partial charge in [-0.15, -0.1) is 0 Å². The summed E-state index contributed by atoms with van der Waals surface area (Å²) in [7, 11) is 0. The molecule has 33 heavy (non-hydrogen) atoms. The second-order valence-corrected chi connectivity index (χ2v) is 9.11. The standard InChI is InChI=1S/C28H20BrNO3/c1-2-33-22-14-16(13-20(29)28(22)32)23-24-17-8-4-3-7-15(17)11-12-21(24)30-26-18-9-5-6-10-19(18)27(31)25(23)26/h3-14,23,30,32H,2H2,1H3. The van der Waals surface area contributed by atoms with E-state index in [1.807, 2.05) is 55.5 Å².